The number of anilines is 1. The van der Waals surface area contributed by atoms with Gasteiger partial charge in [-0.1, -0.05) is 0 Å². The van der Waals surface area contributed by atoms with E-state index in [9.17, 15) is 14.7 Å². The van der Waals surface area contributed by atoms with Crippen LogP contribution in [0.15, 0.2) is 12.4 Å². The van der Waals surface area contributed by atoms with Crippen LogP contribution in [-0.4, -0.2) is 62.8 Å². The Morgan fingerprint density at radius 1 is 1.21 bits per heavy atom. The van der Waals surface area contributed by atoms with Gasteiger partial charge in [-0.2, -0.15) is 0 Å². The van der Waals surface area contributed by atoms with Crippen LogP contribution in [-0.2, 0) is 4.74 Å². The Hall–Kier alpha value is -2.42. The van der Waals surface area contributed by atoms with E-state index in [2.05, 4.69) is 15.3 Å². The number of aromatic nitrogens is 2. The van der Waals surface area contributed by atoms with Gasteiger partial charge in [-0.15, -0.1) is 0 Å². The topological polar surface area (TPSA) is 131 Å². The number of carbonyl (C=O) groups excluding carboxylic acids is 2. The normalized spacial score (nSPS) is 37.6. The summed E-state index contributed by atoms with van der Waals surface area (Å²) >= 11 is 0. The lowest BCUT2D eigenvalue weighted by molar-refractivity contribution is -0.177. The lowest BCUT2D eigenvalue weighted by atomic mass is 9.53. The van der Waals surface area contributed by atoms with Crippen molar-refractivity contribution in [1.82, 2.24) is 14.9 Å². The van der Waals surface area contributed by atoms with Crippen LogP contribution in [0.3, 0.4) is 0 Å². The predicted molar refractivity (Wildman–Crippen MR) is 103 cm³/mol. The summed E-state index contributed by atoms with van der Waals surface area (Å²) in [5.74, 6) is 1.02. The van der Waals surface area contributed by atoms with Gasteiger partial charge in [-0.3, -0.25) is 4.79 Å². The van der Waals surface area contributed by atoms with Gasteiger partial charge in [0.15, 0.2) is 0 Å². The van der Waals surface area contributed by atoms with E-state index in [4.69, 9.17) is 10.5 Å². The van der Waals surface area contributed by atoms with E-state index < -0.39 is 11.5 Å². The van der Waals surface area contributed by atoms with Crippen molar-refractivity contribution in [2.75, 3.05) is 18.4 Å². The Balaban J connectivity index is 1.16. The molecule has 4 aliphatic carbocycles. The molecule has 0 aromatic carbocycles. The molecule has 0 spiro atoms. The summed E-state index contributed by atoms with van der Waals surface area (Å²) in [6, 6.07) is 0.0289. The van der Waals surface area contributed by atoms with Crippen LogP contribution in [0, 0.1) is 17.8 Å². The molecule has 2 unspecified atom stereocenters. The van der Waals surface area contributed by atoms with E-state index in [1.165, 1.54) is 12.4 Å². The summed E-state index contributed by atoms with van der Waals surface area (Å²) in [7, 11) is 0. The molecule has 3 atom stereocenters. The number of amides is 2. The number of hydrogen-bond acceptors (Lipinski definition) is 7. The number of rotatable bonds is 4. The Morgan fingerprint density at radius 3 is 2.52 bits per heavy atom. The monoisotopic (exact) mass is 401 g/mol. The maximum atomic E-state index is 12.8. The molecule has 2 heterocycles. The molecule has 9 heteroatoms. The number of ether oxygens (including phenoxy) is 1. The highest BCUT2D eigenvalue weighted by atomic mass is 16.6. The minimum atomic E-state index is -0.566. The van der Waals surface area contributed by atoms with Crippen molar-refractivity contribution in [3.63, 3.8) is 0 Å². The molecule has 1 aliphatic heterocycles. The SMILES string of the molecule is NC(=O)c1cnc(N[C@@H]2CCN(C(=O)O[C@H]3C4CC5CC3C[C@](O)(C5)C4)C2)nc1. The van der Waals surface area contributed by atoms with E-state index in [1.54, 1.807) is 4.90 Å². The Bertz CT molecular complexity index is 800. The van der Waals surface area contributed by atoms with Gasteiger partial charge in [0, 0.05) is 31.5 Å². The molecule has 29 heavy (non-hydrogen) atoms. The summed E-state index contributed by atoms with van der Waals surface area (Å²) in [5, 5.41) is 13.9. The van der Waals surface area contributed by atoms with Crippen molar-refractivity contribution < 1.29 is 19.4 Å². The van der Waals surface area contributed by atoms with Crippen LogP contribution in [0.5, 0.6) is 0 Å². The molecule has 9 nitrogen and oxygen atoms in total. The third-order valence-corrected chi connectivity index (χ3v) is 7.11. The second-order valence-electron chi connectivity index (χ2n) is 9.28. The smallest absolute Gasteiger partial charge is 0.410 e. The second-order valence-corrected chi connectivity index (χ2v) is 9.28. The molecule has 1 aromatic rings. The minimum Gasteiger partial charge on any atom is -0.446 e. The van der Waals surface area contributed by atoms with Crippen LogP contribution in [0.2, 0.25) is 0 Å². The molecule has 5 aliphatic rings. The molecule has 4 N–H and O–H groups in total. The number of aliphatic hydroxyl groups is 1. The van der Waals surface area contributed by atoms with Gasteiger partial charge in [-0.25, -0.2) is 14.8 Å². The van der Waals surface area contributed by atoms with Gasteiger partial charge in [0.2, 0.25) is 5.95 Å². The summed E-state index contributed by atoms with van der Waals surface area (Å²) in [5.41, 5.74) is 4.93. The van der Waals surface area contributed by atoms with Crippen molar-refractivity contribution in [3.8, 4) is 0 Å². The zero-order valence-electron chi connectivity index (χ0n) is 16.3. The first-order valence-corrected chi connectivity index (χ1v) is 10.4. The lowest BCUT2D eigenvalue weighted by Gasteiger charge is -2.57. The maximum Gasteiger partial charge on any atom is 0.410 e. The van der Waals surface area contributed by atoms with E-state index in [-0.39, 0.29) is 23.8 Å². The largest absolute Gasteiger partial charge is 0.446 e. The Kier molecular flexibility index (Phi) is 4.38. The number of likely N-dealkylation sites (tertiary alicyclic amines) is 1. The number of primary amides is 1. The zero-order valence-corrected chi connectivity index (χ0v) is 16.3. The number of hydrogen-bond donors (Lipinski definition) is 3. The second kappa shape index (κ2) is 6.83. The van der Waals surface area contributed by atoms with Gasteiger partial charge in [0.25, 0.3) is 5.91 Å². The molecule has 5 fully saturated rings. The van der Waals surface area contributed by atoms with Crippen molar-refractivity contribution in [2.24, 2.45) is 23.5 Å². The first-order valence-electron chi connectivity index (χ1n) is 10.4. The first kappa shape index (κ1) is 18.6. The van der Waals surface area contributed by atoms with E-state index in [0.29, 0.717) is 36.8 Å². The summed E-state index contributed by atoms with van der Waals surface area (Å²) in [4.78, 5) is 33.8. The van der Waals surface area contributed by atoms with Crippen molar-refractivity contribution in [1.29, 1.82) is 0 Å². The molecule has 156 valence electrons. The number of nitrogens with two attached hydrogens (primary N) is 1. The fourth-order valence-corrected chi connectivity index (χ4v) is 6.07. The van der Waals surface area contributed by atoms with Gasteiger partial charge in [0.1, 0.15) is 6.10 Å². The Morgan fingerprint density at radius 2 is 1.90 bits per heavy atom. The highest BCUT2D eigenvalue weighted by molar-refractivity contribution is 5.92. The minimum absolute atomic E-state index is 0.0289. The lowest BCUT2D eigenvalue weighted by Crippen LogP contribution is -2.58. The molecule has 1 saturated heterocycles. The first-order chi connectivity index (χ1) is 13.9. The summed E-state index contributed by atoms with van der Waals surface area (Å²) < 4.78 is 5.96. The summed E-state index contributed by atoms with van der Waals surface area (Å²) in [6.45, 7) is 1.14. The number of nitrogens with one attached hydrogen (secondary N) is 1. The number of nitrogens with zero attached hydrogens (tertiary/aromatic N) is 3. The molecule has 2 amide bonds. The quantitative estimate of drug-likeness (QED) is 0.689. The van der Waals surface area contributed by atoms with Gasteiger partial charge < -0.3 is 25.8 Å². The average Bonchev–Trinajstić information content (AvgIpc) is 3.12. The van der Waals surface area contributed by atoms with Crippen LogP contribution in [0.25, 0.3) is 0 Å². The molecule has 6 rings (SSSR count). The van der Waals surface area contributed by atoms with Crippen LogP contribution in [0.1, 0.15) is 48.9 Å². The fraction of sp³-hybridized carbons (Fsp3) is 0.700. The standard InChI is InChI=1S/C20H27N5O4/c21-17(26)14-8-22-18(23-9-14)24-15-1-2-25(10-15)19(27)29-16-12-3-11-4-13(16)7-20(28,5-11)6-12/h8-9,11-13,15-16,28H,1-7,10H2,(H2,21,26)(H,22,23,24)/t11?,12?,13?,15-,16-,20-/m1/s1. The third-order valence-electron chi connectivity index (χ3n) is 7.11. The number of carbonyl (C=O) groups is 2. The van der Waals surface area contributed by atoms with Crippen molar-refractivity contribution >= 4 is 17.9 Å². The molecule has 4 bridgehead atoms. The van der Waals surface area contributed by atoms with Gasteiger partial charge in [-0.05, 0) is 56.3 Å². The van der Waals surface area contributed by atoms with Crippen LogP contribution in [0.4, 0.5) is 10.7 Å². The average molecular weight is 401 g/mol. The maximum absolute atomic E-state index is 12.8. The van der Waals surface area contributed by atoms with Crippen molar-refractivity contribution in [2.45, 2.75) is 56.3 Å². The Labute approximate surface area is 169 Å². The zero-order chi connectivity index (χ0) is 20.2. The van der Waals surface area contributed by atoms with E-state index >= 15 is 0 Å². The third kappa shape index (κ3) is 3.52. The van der Waals surface area contributed by atoms with E-state index in [0.717, 1.165) is 38.5 Å². The fourth-order valence-electron chi connectivity index (χ4n) is 6.07. The highest BCUT2D eigenvalue weighted by Crippen LogP contribution is 2.56. The van der Waals surface area contributed by atoms with Gasteiger partial charge in [0.05, 0.1) is 11.2 Å². The predicted octanol–water partition coefficient (Wildman–Crippen LogP) is 1.14. The van der Waals surface area contributed by atoms with Crippen LogP contribution < -0.4 is 11.1 Å². The van der Waals surface area contributed by atoms with Crippen molar-refractivity contribution in [3.05, 3.63) is 18.0 Å². The summed E-state index contributed by atoms with van der Waals surface area (Å²) in [6.07, 6.45) is 7.82. The van der Waals surface area contributed by atoms with E-state index in [1.807, 2.05) is 0 Å². The highest BCUT2D eigenvalue weighted by Gasteiger charge is 2.56. The molecule has 4 saturated carbocycles. The molecular weight excluding hydrogens is 374 g/mol. The molecule has 0 radical (unpaired) electrons. The molecular formula is C20H27N5O4. The van der Waals surface area contributed by atoms with Crippen LogP contribution >= 0.6 is 0 Å². The van der Waals surface area contributed by atoms with Gasteiger partial charge >= 0.3 is 6.09 Å². The molecule has 1 aromatic heterocycles.